The van der Waals surface area contributed by atoms with Crippen molar-refractivity contribution in [2.24, 2.45) is 0 Å². The summed E-state index contributed by atoms with van der Waals surface area (Å²) in [6, 6.07) is 12.6. The smallest absolute Gasteiger partial charge is 0.321 e. The summed E-state index contributed by atoms with van der Waals surface area (Å²) in [5.41, 5.74) is 1.83. The maximum absolute atomic E-state index is 13.0. The van der Waals surface area contributed by atoms with Gasteiger partial charge in [-0.05, 0) is 36.4 Å². The molecule has 1 aliphatic rings. The average molecular weight is 445 g/mol. The van der Waals surface area contributed by atoms with Crippen LogP contribution in [-0.4, -0.2) is 52.9 Å². The molecule has 0 radical (unpaired) electrons. The zero-order chi connectivity index (χ0) is 21.1. The first kappa shape index (κ1) is 20.3. The number of piperazine rings is 1. The molecule has 1 N–H and O–H groups in total. The number of benzene rings is 2. The molecule has 3 amide bonds. The fourth-order valence-electron chi connectivity index (χ4n) is 3.11. The van der Waals surface area contributed by atoms with Gasteiger partial charge in [-0.3, -0.25) is 4.79 Å². The number of rotatable bonds is 3. The molecule has 154 valence electrons. The lowest BCUT2D eigenvalue weighted by Crippen LogP contribution is -2.51. The van der Waals surface area contributed by atoms with Crippen LogP contribution < -0.4 is 5.32 Å². The second-order valence-electron chi connectivity index (χ2n) is 6.76. The number of nitrogens with zero attached hydrogens (tertiary/aromatic N) is 3. The lowest BCUT2D eigenvalue weighted by atomic mass is 10.2. The summed E-state index contributed by atoms with van der Waals surface area (Å²) in [4.78, 5) is 33.0. The quantitative estimate of drug-likeness (QED) is 0.642. The van der Waals surface area contributed by atoms with Gasteiger partial charge in [0.1, 0.15) is 16.5 Å². The minimum Gasteiger partial charge on any atom is -0.334 e. The van der Waals surface area contributed by atoms with E-state index in [4.69, 9.17) is 11.6 Å². The second kappa shape index (κ2) is 8.81. The Labute approximate surface area is 181 Å². The Kier molecular flexibility index (Phi) is 5.96. The number of aromatic nitrogens is 1. The number of halogens is 2. The Morgan fingerprint density at radius 2 is 1.60 bits per heavy atom. The highest BCUT2D eigenvalue weighted by atomic mass is 35.5. The molecule has 2 heterocycles. The van der Waals surface area contributed by atoms with Crippen LogP contribution in [0.15, 0.2) is 53.9 Å². The summed E-state index contributed by atoms with van der Waals surface area (Å²) in [7, 11) is 0. The van der Waals surface area contributed by atoms with Crippen LogP contribution in [0.1, 0.15) is 10.5 Å². The van der Waals surface area contributed by atoms with E-state index in [1.165, 1.54) is 35.6 Å². The van der Waals surface area contributed by atoms with Gasteiger partial charge >= 0.3 is 6.03 Å². The molecule has 9 heteroatoms. The van der Waals surface area contributed by atoms with E-state index >= 15 is 0 Å². The molecule has 0 aliphatic carbocycles. The third kappa shape index (κ3) is 4.60. The first-order chi connectivity index (χ1) is 14.5. The molecule has 1 saturated heterocycles. The third-order valence-electron chi connectivity index (χ3n) is 4.76. The molecule has 6 nitrogen and oxygen atoms in total. The Morgan fingerprint density at radius 3 is 2.27 bits per heavy atom. The lowest BCUT2D eigenvalue weighted by molar-refractivity contribution is 0.0667. The van der Waals surface area contributed by atoms with Crippen LogP contribution in [0.2, 0.25) is 5.02 Å². The van der Waals surface area contributed by atoms with E-state index in [9.17, 15) is 14.0 Å². The molecule has 0 unspecified atom stereocenters. The molecular formula is C21H18ClFN4O2S. The molecule has 0 bridgehead atoms. The summed E-state index contributed by atoms with van der Waals surface area (Å²) < 4.78 is 13.0. The number of carbonyl (C=O) groups excluding carboxylic acids is 2. The molecule has 0 spiro atoms. The Hall–Kier alpha value is -2.97. The van der Waals surface area contributed by atoms with Gasteiger partial charge in [-0.15, -0.1) is 11.3 Å². The third-order valence-corrected chi connectivity index (χ3v) is 5.91. The van der Waals surface area contributed by atoms with Crippen molar-refractivity contribution in [1.29, 1.82) is 0 Å². The number of amides is 3. The minimum atomic E-state index is -0.360. The predicted octanol–water partition coefficient (Wildman–Crippen LogP) is 4.59. The van der Waals surface area contributed by atoms with Gasteiger partial charge in [-0.1, -0.05) is 23.7 Å². The van der Waals surface area contributed by atoms with Gasteiger partial charge in [0.15, 0.2) is 0 Å². The summed E-state index contributed by atoms with van der Waals surface area (Å²) in [6.45, 7) is 1.66. The first-order valence-corrected chi connectivity index (χ1v) is 10.6. The summed E-state index contributed by atoms with van der Waals surface area (Å²) in [5.74, 6) is -0.508. The van der Waals surface area contributed by atoms with E-state index in [0.29, 0.717) is 42.6 Å². The van der Waals surface area contributed by atoms with E-state index < -0.39 is 0 Å². The predicted molar refractivity (Wildman–Crippen MR) is 115 cm³/mol. The standard InChI is InChI=1S/C21H18ClFN4O2S/c22-15-3-1-14(2-4-15)19-25-18(13-30-19)20(28)26-9-11-27(12-10-26)21(29)24-17-7-5-16(23)6-8-17/h1-8,13H,9-12H2,(H,24,29). The van der Waals surface area contributed by atoms with E-state index in [2.05, 4.69) is 10.3 Å². The molecule has 1 aliphatic heterocycles. The van der Waals surface area contributed by atoms with Crippen molar-refractivity contribution in [2.45, 2.75) is 0 Å². The van der Waals surface area contributed by atoms with Crippen LogP contribution in [0.4, 0.5) is 14.9 Å². The molecule has 4 rings (SSSR count). The maximum Gasteiger partial charge on any atom is 0.321 e. The van der Waals surface area contributed by atoms with E-state index in [0.717, 1.165) is 10.6 Å². The summed E-state index contributed by atoms with van der Waals surface area (Å²) in [5, 5.41) is 5.89. The number of anilines is 1. The van der Waals surface area contributed by atoms with Crippen LogP contribution in [0.3, 0.4) is 0 Å². The molecule has 1 fully saturated rings. The van der Waals surface area contributed by atoms with Gasteiger partial charge in [0, 0.05) is 47.8 Å². The summed E-state index contributed by atoms with van der Waals surface area (Å²) in [6.07, 6.45) is 0. The Morgan fingerprint density at radius 1 is 0.967 bits per heavy atom. The zero-order valence-electron chi connectivity index (χ0n) is 15.8. The fourth-order valence-corrected chi connectivity index (χ4v) is 4.03. The fraction of sp³-hybridized carbons (Fsp3) is 0.190. The van der Waals surface area contributed by atoms with E-state index in [1.807, 2.05) is 12.1 Å². The number of hydrogen-bond donors (Lipinski definition) is 1. The average Bonchev–Trinajstić information content (AvgIpc) is 3.26. The van der Waals surface area contributed by atoms with Gasteiger partial charge in [0.2, 0.25) is 0 Å². The number of urea groups is 1. The first-order valence-electron chi connectivity index (χ1n) is 9.32. The van der Waals surface area contributed by atoms with E-state index in [-0.39, 0.29) is 17.8 Å². The summed E-state index contributed by atoms with van der Waals surface area (Å²) >= 11 is 7.32. The monoisotopic (exact) mass is 444 g/mol. The Bertz CT molecular complexity index is 1050. The SMILES string of the molecule is O=C(Nc1ccc(F)cc1)N1CCN(C(=O)c2csc(-c3ccc(Cl)cc3)n2)CC1. The number of hydrogen-bond acceptors (Lipinski definition) is 4. The topological polar surface area (TPSA) is 65.5 Å². The highest BCUT2D eigenvalue weighted by Gasteiger charge is 2.26. The van der Waals surface area contributed by atoms with Gasteiger partial charge in [-0.25, -0.2) is 14.2 Å². The van der Waals surface area contributed by atoms with Crippen molar-refractivity contribution in [3.63, 3.8) is 0 Å². The largest absolute Gasteiger partial charge is 0.334 e. The van der Waals surface area contributed by atoms with Crippen molar-refractivity contribution >= 4 is 40.6 Å². The number of carbonyl (C=O) groups is 2. The van der Waals surface area contributed by atoms with Crippen LogP contribution >= 0.6 is 22.9 Å². The van der Waals surface area contributed by atoms with Crippen LogP contribution in [0.5, 0.6) is 0 Å². The van der Waals surface area contributed by atoms with Gasteiger partial charge in [-0.2, -0.15) is 0 Å². The molecule has 0 atom stereocenters. The van der Waals surface area contributed by atoms with Crippen molar-refractivity contribution in [3.05, 3.63) is 70.4 Å². The molecule has 30 heavy (non-hydrogen) atoms. The highest BCUT2D eigenvalue weighted by Crippen LogP contribution is 2.25. The zero-order valence-corrected chi connectivity index (χ0v) is 17.4. The van der Waals surface area contributed by atoms with Crippen molar-refractivity contribution in [2.75, 3.05) is 31.5 Å². The molecule has 0 saturated carbocycles. The minimum absolute atomic E-state index is 0.148. The molecule has 2 aromatic carbocycles. The van der Waals surface area contributed by atoms with Crippen LogP contribution in [0, 0.1) is 5.82 Å². The van der Waals surface area contributed by atoms with Gasteiger partial charge < -0.3 is 15.1 Å². The van der Waals surface area contributed by atoms with Crippen LogP contribution in [-0.2, 0) is 0 Å². The second-order valence-corrected chi connectivity index (χ2v) is 8.06. The van der Waals surface area contributed by atoms with E-state index in [1.54, 1.807) is 27.3 Å². The van der Waals surface area contributed by atoms with Crippen molar-refractivity contribution < 1.29 is 14.0 Å². The molecule has 1 aromatic heterocycles. The van der Waals surface area contributed by atoms with Crippen LogP contribution in [0.25, 0.3) is 10.6 Å². The van der Waals surface area contributed by atoms with Crippen molar-refractivity contribution in [3.8, 4) is 10.6 Å². The maximum atomic E-state index is 13.0. The normalized spacial score (nSPS) is 13.9. The van der Waals surface area contributed by atoms with Gasteiger partial charge in [0.05, 0.1) is 0 Å². The Balaban J connectivity index is 1.33. The van der Waals surface area contributed by atoms with Crippen molar-refractivity contribution in [1.82, 2.24) is 14.8 Å². The molecular weight excluding hydrogens is 427 g/mol. The molecule has 3 aromatic rings. The lowest BCUT2D eigenvalue weighted by Gasteiger charge is -2.34. The highest BCUT2D eigenvalue weighted by molar-refractivity contribution is 7.13. The number of thiazole rings is 1. The van der Waals surface area contributed by atoms with Gasteiger partial charge in [0.25, 0.3) is 5.91 Å². The number of nitrogens with one attached hydrogen (secondary N) is 1.